The van der Waals surface area contributed by atoms with E-state index in [1.807, 2.05) is 0 Å². The Bertz CT molecular complexity index is 988. The number of benzene rings is 2. The molecule has 5 nitrogen and oxygen atoms in total. The van der Waals surface area contributed by atoms with Gasteiger partial charge in [0.2, 0.25) is 0 Å². The summed E-state index contributed by atoms with van der Waals surface area (Å²) in [4.78, 5) is 0.150. The predicted octanol–water partition coefficient (Wildman–Crippen LogP) is 4.57. The fourth-order valence-electron chi connectivity index (χ4n) is 2.31. The first-order valence-corrected chi connectivity index (χ1v) is 9.55. The molecule has 0 aliphatic heterocycles. The molecule has 0 amide bonds. The Morgan fingerprint density at radius 1 is 1.08 bits per heavy atom. The summed E-state index contributed by atoms with van der Waals surface area (Å²) in [6, 6.07) is 14.5. The number of rotatable bonds is 5. The molecule has 0 spiro atoms. The van der Waals surface area contributed by atoms with Gasteiger partial charge in [0.25, 0.3) is 10.0 Å². The SMILES string of the molecule is CC(Oc1ccc(Cl)cc1Cl)c1ccnn1S(=O)(=O)c1ccccc1. The summed E-state index contributed by atoms with van der Waals surface area (Å²) in [7, 11) is -3.81. The van der Waals surface area contributed by atoms with E-state index in [1.165, 1.54) is 18.3 Å². The van der Waals surface area contributed by atoms with Crippen LogP contribution in [0.25, 0.3) is 0 Å². The largest absolute Gasteiger partial charge is 0.483 e. The van der Waals surface area contributed by atoms with Gasteiger partial charge in [0.15, 0.2) is 0 Å². The molecule has 0 saturated carbocycles. The fraction of sp³-hybridized carbons (Fsp3) is 0.118. The van der Waals surface area contributed by atoms with E-state index < -0.39 is 16.1 Å². The quantitative estimate of drug-likeness (QED) is 0.633. The normalized spacial score (nSPS) is 12.8. The molecule has 2 aromatic carbocycles. The predicted molar refractivity (Wildman–Crippen MR) is 96.8 cm³/mol. The summed E-state index contributed by atoms with van der Waals surface area (Å²) in [6.45, 7) is 1.72. The number of nitrogens with zero attached hydrogens (tertiary/aromatic N) is 2. The maximum atomic E-state index is 12.8. The zero-order valence-electron chi connectivity index (χ0n) is 13.1. The molecule has 8 heteroatoms. The van der Waals surface area contributed by atoms with Crippen LogP contribution in [0.1, 0.15) is 18.7 Å². The topological polar surface area (TPSA) is 61.2 Å². The average Bonchev–Trinajstić information content (AvgIpc) is 3.09. The standard InChI is InChI=1S/C17H14Cl2N2O3S/c1-12(24-17-8-7-13(18)11-15(17)19)16-9-10-20-21(16)25(22,23)14-5-3-2-4-6-14/h2-12H,1H3. The molecule has 1 heterocycles. The number of aromatic nitrogens is 2. The van der Waals surface area contributed by atoms with Crippen molar-refractivity contribution in [1.29, 1.82) is 0 Å². The lowest BCUT2D eigenvalue weighted by atomic mass is 10.3. The van der Waals surface area contributed by atoms with Crippen molar-refractivity contribution in [2.75, 3.05) is 0 Å². The van der Waals surface area contributed by atoms with Crippen LogP contribution >= 0.6 is 23.2 Å². The second kappa shape index (κ2) is 7.07. The zero-order chi connectivity index (χ0) is 18.0. The summed E-state index contributed by atoms with van der Waals surface area (Å²) in [5.41, 5.74) is 0.384. The van der Waals surface area contributed by atoms with E-state index in [0.29, 0.717) is 21.5 Å². The molecule has 0 aliphatic carbocycles. The Hall–Kier alpha value is -2.02. The van der Waals surface area contributed by atoms with Gasteiger partial charge in [0.05, 0.1) is 21.8 Å². The van der Waals surface area contributed by atoms with Crippen molar-refractivity contribution in [1.82, 2.24) is 9.19 Å². The highest BCUT2D eigenvalue weighted by Crippen LogP contribution is 2.31. The first-order chi connectivity index (χ1) is 11.9. The molecule has 0 saturated heterocycles. The van der Waals surface area contributed by atoms with E-state index >= 15 is 0 Å². The summed E-state index contributed by atoms with van der Waals surface area (Å²) in [5.74, 6) is 0.406. The highest BCUT2D eigenvalue weighted by molar-refractivity contribution is 7.89. The van der Waals surface area contributed by atoms with Gasteiger partial charge in [-0.15, -0.1) is 0 Å². The minimum Gasteiger partial charge on any atom is -0.483 e. The van der Waals surface area contributed by atoms with Gasteiger partial charge in [0.1, 0.15) is 11.9 Å². The van der Waals surface area contributed by atoms with E-state index in [0.717, 1.165) is 4.09 Å². The van der Waals surface area contributed by atoms with Gasteiger partial charge < -0.3 is 4.74 Å². The van der Waals surface area contributed by atoms with Crippen LogP contribution in [0.5, 0.6) is 5.75 Å². The van der Waals surface area contributed by atoms with Crippen LogP contribution in [0.15, 0.2) is 65.7 Å². The van der Waals surface area contributed by atoms with Gasteiger partial charge in [-0.2, -0.15) is 17.6 Å². The van der Waals surface area contributed by atoms with Gasteiger partial charge in [-0.3, -0.25) is 0 Å². The molecular formula is C17H14Cl2N2O3S. The molecule has 1 aromatic heterocycles. The third kappa shape index (κ3) is 3.66. The van der Waals surface area contributed by atoms with E-state index in [4.69, 9.17) is 27.9 Å². The van der Waals surface area contributed by atoms with Crippen LogP contribution < -0.4 is 4.74 Å². The highest BCUT2D eigenvalue weighted by atomic mass is 35.5. The van der Waals surface area contributed by atoms with Gasteiger partial charge in [0, 0.05) is 5.02 Å². The fourth-order valence-corrected chi connectivity index (χ4v) is 4.13. The molecule has 130 valence electrons. The smallest absolute Gasteiger partial charge is 0.283 e. The maximum Gasteiger partial charge on any atom is 0.283 e. The molecule has 0 bridgehead atoms. The van der Waals surface area contributed by atoms with Crippen LogP contribution in [0, 0.1) is 0 Å². The summed E-state index contributed by atoms with van der Waals surface area (Å²) in [5, 5.41) is 4.79. The number of hydrogen-bond donors (Lipinski definition) is 0. The minimum absolute atomic E-state index is 0.150. The lowest BCUT2D eigenvalue weighted by Gasteiger charge is -2.17. The van der Waals surface area contributed by atoms with Crippen LogP contribution in [-0.2, 0) is 10.0 Å². The molecule has 3 aromatic rings. The molecule has 0 N–H and O–H groups in total. The lowest BCUT2D eigenvalue weighted by molar-refractivity contribution is 0.220. The molecule has 1 atom stereocenters. The highest BCUT2D eigenvalue weighted by Gasteiger charge is 2.24. The van der Waals surface area contributed by atoms with Crippen molar-refractivity contribution in [2.24, 2.45) is 0 Å². The van der Waals surface area contributed by atoms with E-state index in [1.54, 1.807) is 49.4 Å². The van der Waals surface area contributed by atoms with Crippen LogP contribution in [0.4, 0.5) is 0 Å². The Labute approximate surface area is 155 Å². The van der Waals surface area contributed by atoms with E-state index in [-0.39, 0.29) is 4.90 Å². The zero-order valence-corrected chi connectivity index (χ0v) is 15.5. The molecule has 0 fully saturated rings. The minimum atomic E-state index is -3.81. The first-order valence-electron chi connectivity index (χ1n) is 7.36. The van der Waals surface area contributed by atoms with Crippen molar-refractivity contribution >= 4 is 33.2 Å². The maximum absolute atomic E-state index is 12.8. The summed E-state index contributed by atoms with van der Waals surface area (Å²) >= 11 is 12.0. The molecule has 1 unspecified atom stereocenters. The van der Waals surface area contributed by atoms with E-state index in [9.17, 15) is 8.42 Å². The van der Waals surface area contributed by atoms with Gasteiger partial charge in [-0.25, -0.2) is 0 Å². The third-order valence-corrected chi connectivity index (χ3v) is 5.68. The lowest BCUT2D eigenvalue weighted by Crippen LogP contribution is -2.20. The van der Waals surface area contributed by atoms with Crippen molar-refractivity contribution in [2.45, 2.75) is 17.9 Å². The molecular weight excluding hydrogens is 383 g/mol. The monoisotopic (exact) mass is 396 g/mol. The Morgan fingerprint density at radius 3 is 2.48 bits per heavy atom. The number of halogens is 2. The Balaban J connectivity index is 1.94. The summed E-state index contributed by atoms with van der Waals surface area (Å²) in [6.07, 6.45) is 0.818. The van der Waals surface area contributed by atoms with E-state index in [2.05, 4.69) is 5.10 Å². The van der Waals surface area contributed by atoms with Crippen molar-refractivity contribution in [3.63, 3.8) is 0 Å². The third-order valence-electron chi connectivity index (χ3n) is 3.52. The van der Waals surface area contributed by atoms with Crippen molar-refractivity contribution in [3.05, 3.63) is 76.5 Å². The Morgan fingerprint density at radius 2 is 1.80 bits per heavy atom. The number of ether oxygens (including phenoxy) is 1. The second-order valence-electron chi connectivity index (χ2n) is 5.25. The Kier molecular flexibility index (Phi) is 5.03. The van der Waals surface area contributed by atoms with Crippen molar-refractivity contribution < 1.29 is 13.2 Å². The first kappa shape index (κ1) is 17.8. The molecule has 3 rings (SSSR count). The van der Waals surface area contributed by atoms with Gasteiger partial charge in [-0.05, 0) is 43.3 Å². The second-order valence-corrected chi connectivity index (χ2v) is 7.86. The van der Waals surface area contributed by atoms with Gasteiger partial charge in [-0.1, -0.05) is 41.4 Å². The molecule has 0 aliphatic rings. The summed E-state index contributed by atoms with van der Waals surface area (Å²) < 4.78 is 32.3. The van der Waals surface area contributed by atoms with Crippen molar-refractivity contribution in [3.8, 4) is 5.75 Å². The van der Waals surface area contributed by atoms with Crippen LogP contribution in [-0.4, -0.2) is 17.6 Å². The van der Waals surface area contributed by atoms with Gasteiger partial charge >= 0.3 is 0 Å². The van der Waals surface area contributed by atoms with Crippen LogP contribution in [0.2, 0.25) is 10.0 Å². The molecule has 25 heavy (non-hydrogen) atoms. The van der Waals surface area contributed by atoms with Crippen LogP contribution in [0.3, 0.4) is 0 Å². The average molecular weight is 397 g/mol. The number of hydrogen-bond acceptors (Lipinski definition) is 4. The molecule has 0 radical (unpaired) electrons.